The van der Waals surface area contributed by atoms with Crippen LogP contribution in [0.5, 0.6) is 5.75 Å². The highest BCUT2D eigenvalue weighted by Crippen LogP contribution is 2.31. The summed E-state index contributed by atoms with van der Waals surface area (Å²) < 4.78 is 10.7. The predicted octanol–water partition coefficient (Wildman–Crippen LogP) is 3.77. The number of halogens is 1. The Kier molecular flexibility index (Phi) is 6.39. The lowest BCUT2D eigenvalue weighted by atomic mass is 9.87. The zero-order chi connectivity index (χ0) is 19.5. The van der Waals surface area contributed by atoms with Gasteiger partial charge in [0.1, 0.15) is 5.75 Å². The first-order valence-corrected chi connectivity index (χ1v) is 9.30. The molecule has 1 heterocycles. The molecule has 1 atom stereocenters. The normalized spacial score (nSPS) is 15.1. The number of ether oxygens (including phenoxy) is 1. The molecule has 152 valence electrons. The largest absolute Gasteiger partial charge is 0.485 e. The number of benzene rings is 2. The zero-order valence-electron chi connectivity index (χ0n) is 16.1. The third-order valence-electron chi connectivity index (χ3n) is 4.84. The molecule has 4 rings (SSSR count). The van der Waals surface area contributed by atoms with Gasteiger partial charge in [-0.25, -0.2) is 0 Å². The van der Waals surface area contributed by atoms with E-state index in [-0.39, 0.29) is 31.0 Å². The molecule has 1 aliphatic rings. The highest BCUT2D eigenvalue weighted by Gasteiger charge is 2.23. The van der Waals surface area contributed by atoms with E-state index in [2.05, 4.69) is 15.5 Å². The van der Waals surface area contributed by atoms with Gasteiger partial charge in [0.2, 0.25) is 11.7 Å². The number of aryl methyl sites for hydroxylation is 2. The fourth-order valence-electron chi connectivity index (χ4n) is 3.54. The molecule has 8 heteroatoms. The number of hydrogen-bond acceptors (Lipinski definition) is 6. The average molecular weight is 415 g/mol. The van der Waals surface area contributed by atoms with E-state index < -0.39 is 0 Å². The minimum absolute atomic E-state index is 0. The fraction of sp³-hybridized carbons (Fsp3) is 0.286. The Balaban J connectivity index is 0.00000240. The van der Waals surface area contributed by atoms with Crippen molar-refractivity contribution < 1.29 is 14.1 Å². The van der Waals surface area contributed by atoms with Crippen LogP contribution in [-0.2, 0) is 13.0 Å². The molecule has 7 nitrogen and oxygen atoms in total. The molecular formula is C21H23ClN4O3. The van der Waals surface area contributed by atoms with E-state index in [1.165, 1.54) is 5.56 Å². The molecule has 29 heavy (non-hydrogen) atoms. The number of anilines is 1. The van der Waals surface area contributed by atoms with E-state index in [4.69, 9.17) is 15.0 Å². The van der Waals surface area contributed by atoms with E-state index in [0.29, 0.717) is 23.0 Å². The summed E-state index contributed by atoms with van der Waals surface area (Å²) in [4.78, 5) is 17.1. The molecule has 0 saturated carbocycles. The quantitative estimate of drug-likeness (QED) is 0.616. The van der Waals surface area contributed by atoms with Crippen molar-refractivity contribution in [2.24, 2.45) is 0 Å². The van der Waals surface area contributed by atoms with Crippen LogP contribution in [0.4, 0.5) is 5.69 Å². The second kappa shape index (κ2) is 8.96. The number of carbonyl (C=O) groups excluding carboxylic acids is 1. The second-order valence-corrected chi connectivity index (χ2v) is 6.89. The number of aromatic nitrogens is 2. The van der Waals surface area contributed by atoms with Gasteiger partial charge in [0, 0.05) is 12.6 Å². The van der Waals surface area contributed by atoms with Crippen molar-refractivity contribution in [3.63, 3.8) is 0 Å². The third-order valence-corrected chi connectivity index (χ3v) is 4.84. The van der Waals surface area contributed by atoms with Gasteiger partial charge in [-0.2, -0.15) is 4.98 Å². The lowest BCUT2D eigenvalue weighted by Gasteiger charge is -2.27. The number of amides is 1. The molecule has 0 aliphatic heterocycles. The van der Waals surface area contributed by atoms with Gasteiger partial charge in [-0.05, 0) is 54.7 Å². The molecule has 1 amide bonds. The van der Waals surface area contributed by atoms with Crippen molar-refractivity contribution in [1.82, 2.24) is 15.5 Å². The van der Waals surface area contributed by atoms with Gasteiger partial charge in [0.15, 0.2) is 6.61 Å². The Morgan fingerprint density at radius 2 is 2.14 bits per heavy atom. The van der Waals surface area contributed by atoms with E-state index in [0.717, 1.165) is 30.5 Å². The molecule has 3 aromatic rings. The first-order valence-electron chi connectivity index (χ1n) is 9.30. The predicted molar refractivity (Wildman–Crippen MR) is 111 cm³/mol. The maximum Gasteiger partial charge on any atom is 0.255 e. The molecule has 0 saturated heterocycles. The van der Waals surface area contributed by atoms with E-state index >= 15 is 0 Å². The highest BCUT2D eigenvalue weighted by atomic mass is 35.5. The van der Waals surface area contributed by atoms with Gasteiger partial charge < -0.3 is 20.3 Å². The van der Waals surface area contributed by atoms with Crippen LogP contribution in [0.15, 0.2) is 47.0 Å². The van der Waals surface area contributed by atoms with Crippen LogP contribution in [0, 0.1) is 6.92 Å². The van der Waals surface area contributed by atoms with E-state index in [9.17, 15) is 4.79 Å². The van der Waals surface area contributed by atoms with Crippen LogP contribution >= 0.6 is 12.4 Å². The number of hydrogen-bond donors (Lipinski definition) is 2. The lowest BCUT2D eigenvalue weighted by Crippen LogP contribution is -2.31. The number of rotatable bonds is 5. The molecule has 3 N–H and O–H groups in total. The van der Waals surface area contributed by atoms with Gasteiger partial charge in [0.25, 0.3) is 5.91 Å². The second-order valence-electron chi connectivity index (χ2n) is 6.89. The standard InChI is InChI=1S/C21H22N4O3.ClH/c1-13-23-20(25-28-13)12-27-19-8-3-2-6-17(19)21(26)24-18-7-4-5-14-11-15(22)9-10-16(14)18;/h2-3,6,8-11,18H,4-5,7,12,22H2,1H3,(H,24,26);1H. The number of nitrogens with zero attached hydrogens (tertiary/aromatic N) is 2. The Hall–Kier alpha value is -3.06. The summed E-state index contributed by atoms with van der Waals surface area (Å²) in [5.41, 5.74) is 9.47. The Bertz CT molecular complexity index is 1010. The van der Waals surface area contributed by atoms with Crippen LogP contribution in [-0.4, -0.2) is 16.0 Å². The summed E-state index contributed by atoms with van der Waals surface area (Å²) in [6, 6.07) is 13.0. The summed E-state index contributed by atoms with van der Waals surface area (Å²) >= 11 is 0. The summed E-state index contributed by atoms with van der Waals surface area (Å²) in [6.45, 7) is 1.85. The maximum absolute atomic E-state index is 13.0. The molecular weight excluding hydrogens is 392 g/mol. The van der Waals surface area contributed by atoms with Crippen molar-refractivity contribution in [3.05, 3.63) is 70.9 Å². The first kappa shape index (κ1) is 20.7. The number of carbonyl (C=O) groups is 1. The Morgan fingerprint density at radius 3 is 2.93 bits per heavy atom. The maximum atomic E-state index is 13.0. The van der Waals surface area contributed by atoms with Gasteiger partial charge in [-0.15, -0.1) is 12.4 Å². The molecule has 0 radical (unpaired) electrons. The molecule has 0 spiro atoms. The summed E-state index contributed by atoms with van der Waals surface area (Å²) in [7, 11) is 0. The third kappa shape index (κ3) is 4.68. The van der Waals surface area contributed by atoms with Gasteiger partial charge >= 0.3 is 0 Å². The number of nitrogens with one attached hydrogen (secondary N) is 1. The minimum atomic E-state index is -0.172. The van der Waals surface area contributed by atoms with Gasteiger partial charge in [-0.3, -0.25) is 4.79 Å². The van der Waals surface area contributed by atoms with Gasteiger partial charge in [-0.1, -0.05) is 23.4 Å². The Labute approximate surface area is 175 Å². The first-order chi connectivity index (χ1) is 13.6. The number of nitrogens with two attached hydrogens (primary N) is 1. The molecule has 0 bridgehead atoms. The average Bonchev–Trinajstić information content (AvgIpc) is 3.11. The van der Waals surface area contributed by atoms with Crippen LogP contribution in [0.2, 0.25) is 0 Å². The SMILES string of the molecule is Cc1nc(COc2ccccc2C(=O)NC2CCCc3cc(N)ccc32)no1.Cl. The van der Waals surface area contributed by atoms with Crippen molar-refractivity contribution >= 4 is 24.0 Å². The van der Waals surface area contributed by atoms with Crippen molar-refractivity contribution in [2.45, 2.75) is 38.8 Å². The smallest absolute Gasteiger partial charge is 0.255 e. The molecule has 1 aliphatic carbocycles. The van der Waals surface area contributed by atoms with E-state index in [1.807, 2.05) is 30.3 Å². The Morgan fingerprint density at radius 1 is 1.31 bits per heavy atom. The molecule has 1 unspecified atom stereocenters. The van der Waals surface area contributed by atoms with Crippen molar-refractivity contribution in [2.75, 3.05) is 5.73 Å². The van der Waals surface area contributed by atoms with Crippen LogP contribution in [0.3, 0.4) is 0 Å². The highest BCUT2D eigenvalue weighted by molar-refractivity contribution is 5.97. The van der Waals surface area contributed by atoms with Crippen LogP contribution in [0.1, 0.15) is 52.1 Å². The topological polar surface area (TPSA) is 103 Å². The van der Waals surface area contributed by atoms with Crippen LogP contribution in [0.25, 0.3) is 0 Å². The van der Waals surface area contributed by atoms with Gasteiger partial charge in [0.05, 0.1) is 11.6 Å². The molecule has 1 aromatic heterocycles. The monoisotopic (exact) mass is 414 g/mol. The van der Waals surface area contributed by atoms with Crippen LogP contribution < -0.4 is 15.8 Å². The summed E-state index contributed by atoms with van der Waals surface area (Å²) in [5, 5.41) is 6.95. The van der Waals surface area contributed by atoms with Crippen molar-refractivity contribution in [3.8, 4) is 5.75 Å². The minimum Gasteiger partial charge on any atom is -0.485 e. The van der Waals surface area contributed by atoms with Crippen molar-refractivity contribution in [1.29, 1.82) is 0 Å². The number of fused-ring (bicyclic) bond motifs is 1. The number of nitrogen functional groups attached to an aromatic ring is 1. The summed E-state index contributed by atoms with van der Waals surface area (Å²) in [5.74, 6) is 1.22. The molecule has 2 aromatic carbocycles. The molecule has 0 fully saturated rings. The number of para-hydroxylation sites is 1. The summed E-state index contributed by atoms with van der Waals surface area (Å²) in [6.07, 6.45) is 2.89. The zero-order valence-corrected chi connectivity index (χ0v) is 16.9. The lowest BCUT2D eigenvalue weighted by molar-refractivity contribution is 0.0928. The fourth-order valence-corrected chi connectivity index (χ4v) is 3.54. The van der Waals surface area contributed by atoms with E-state index in [1.54, 1.807) is 19.1 Å².